The molecule has 1 aliphatic heterocycles. The van der Waals surface area contributed by atoms with Crippen LogP contribution in [0, 0.1) is 11.2 Å². The number of anilines is 2. The minimum absolute atomic E-state index is 0.0423. The molecular formula is C26H29Cl2FN6OS. The third kappa shape index (κ3) is 6.12. The lowest BCUT2D eigenvalue weighted by Crippen LogP contribution is -2.68. The van der Waals surface area contributed by atoms with Gasteiger partial charge in [0, 0.05) is 66.4 Å². The maximum atomic E-state index is 15.1. The number of benzene rings is 1. The Balaban J connectivity index is 1.48. The summed E-state index contributed by atoms with van der Waals surface area (Å²) in [5, 5.41) is 13.0. The highest BCUT2D eigenvalue weighted by Crippen LogP contribution is 2.34. The van der Waals surface area contributed by atoms with Crippen LogP contribution in [0.1, 0.15) is 36.6 Å². The molecule has 0 aliphatic carbocycles. The number of nitrogen functional groups attached to an aromatic ring is 1. The van der Waals surface area contributed by atoms with Gasteiger partial charge in [-0.1, -0.05) is 23.2 Å². The van der Waals surface area contributed by atoms with Crippen molar-refractivity contribution < 1.29 is 9.13 Å². The highest BCUT2D eigenvalue weighted by molar-refractivity contribution is 7.98. The van der Waals surface area contributed by atoms with Crippen LogP contribution >= 0.6 is 35.0 Å². The van der Waals surface area contributed by atoms with Crippen molar-refractivity contribution >= 4 is 52.2 Å². The average Bonchev–Trinajstić information content (AvgIpc) is 2.83. The average molecular weight is 564 g/mol. The van der Waals surface area contributed by atoms with Gasteiger partial charge >= 0.3 is 0 Å². The SMILES string of the molecule is CSCCNC1(C)CN(c2ncc(C(=N)c3cc(O[C@H](C)c4c(Cl)cncc4Cl)ccc3N)cc2F)C1. The molecule has 0 amide bonds. The summed E-state index contributed by atoms with van der Waals surface area (Å²) in [5.74, 6) is 1.29. The van der Waals surface area contributed by atoms with Crippen molar-refractivity contribution in [1.82, 2.24) is 15.3 Å². The quantitative estimate of drug-likeness (QED) is 0.168. The smallest absolute Gasteiger partial charge is 0.166 e. The zero-order valence-corrected chi connectivity index (χ0v) is 23.1. The second kappa shape index (κ2) is 11.4. The first-order chi connectivity index (χ1) is 17.6. The van der Waals surface area contributed by atoms with Crippen LogP contribution in [0.2, 0.25) is 10.0 Å². The van der Waals surface area contributed by atoms with Gasteiger partial charge < -0.3 is 20.7 Å². The van der Waals surface area contributed by atoms with E-state index in [-0.39, 0.29) is 17.1 Å². The van der Waals surface area contributed by atoms with Gasteiger partial charge in [-0.05, 0) is 44.4 Å². The maximum Gasteiger partial charge on any atom is 0.166 e. The number of nitrogens with one attached hydrogen (secondary N) is 2. The lowest BCUT2D eigenvalue weighted by molar-refractivity contribution is 0.227. The Morgan fingerprint density at radius 3 is 2.62 bits per heavy atom. The van der Waals surface area contributed by atoms with Crippen molar-refractivity contribution in [3.05, 3.63) is 75.4 Å². The van der Waals surface area contributed by atoms with Gasteiger partial charge in [-0.25, -0.2) is 9.37 Å². The largest absolute Gasteiger partial charge is 0.486 e. The Morgan fingerprint density at radius 2 is 1.97 bits per heavy atom. The van der Waals surface area contributed by atoms with Crippen molar-refractivity contribution in [2.75, 3.05) is 42.3 Å². The highest BCUT2D eigenvalue weighted by atomic mass is 35.5. The van der Waals surface area contributed by atoms with Crippen LogP contribution in [-0.2, 0) is 0 Å². The summed E-state index contributed by atoms with van der Waals surface area (Å²) in [6, 6.07) is 6.31. The normalized spacial score (nSPS) is 15.2. The van der Waals surface area contributed by atoms with Crippen LogP contribution in [-0.4, -0.2) is 52.9 Å². The predicted molar refractivity (Wildman–Crippen MR) is 151 cm³/mol. The van der Waals surface area contributed by atoms with E-state index >= 15 is 4.39 Å². The van der Waals surface area contributed by atoms with E-state index in [2.05, 4.69) is 28.5 Å². The minimum Gasteiger partial charge on any atom is -0.486 e. The van der Waals surface area contributed by atoms with Crippen molar-refractivity contribution in [3.63, 3.8) is 0 Å². The molecule has 1 atom stereocenters. The Labute approximate surface area is 230 Å². The van der Waals surface area contributed by atoms with E-state index in [1.807, 2.05) is 11.8 Å². The molecule has 37 heavy (non-hydrogen) atoms. The number of halogens is 3. The molecule has 196 valence electrons. The number of rotatable bonds is 10. The molecule has 0 spiro atoms. The van der Waals surface area contributed by atoms with Crippen molar-refractivity contribution in [1.29, 1.82) is 5.41 Å². The van der Waals surface area contributed by atoms with Gasteiger partial charge in [0.25, 0.3) is 0 Å². The monoisotopic (exact) mass is 562 g/mol. The Hall–Kier alpha value is -2.59. The summed E-state index contributed by atoms with van der Waals surface area (Å²) >= 11 is 14.3. The van der Waals surface area contributed by atoms with Gasteiger partial charge in [-0.15, -0.1) is 0 Å². The maximum absolute atomic E-state index is 15.1. The second-order valence-electron chi connectivity index (χ2n) is 9.27. The molecule has 0 unspecified atom stereocenters. The van der Waals surface area contributed by atoms with Gasteiger partial charge in [0.05, 0.1) is 21.3 Å². The molecule has 0 bridgehead atoms. The molecule has 1 fully saturated rings. The number of ether oxygens (including phenoxy) is 1. The zero-order valence-electron chi connectivity index (χ0n) is 20.8. The summed E-state index contributed by atoms with van der Waals surface area (Å²) < 4.78 is 21.1. The van der Waals surface area contributed by atoms with Gasteiger partial charge in [0.1, 0.15) is 11.9 Å². The topological polar surface area (TPSA) is 100 Å². The van der Waals surface area contributed by atoms with Crippen LogP contribution < -0.4 is 20.7 Å². The van der Waals surface area contributed by atoms with Gasteiger partial charge in [0.2, 0.25) is 0 Å². The zero-order chi connectivity index (χ0) is 26.7. The third-order valence-corrected chi connectivity index (χ3v) is 7.47. The molecule has 0 saturated carbocycles. The summed E-state index contributed by atoms with van der Waals surface area (Å²) in [5.41, 5.74) is 7.84. The van der Waals surface area contributed by atoms with Crippen LogP contribution in [0.5, 0.6) is 5.75 Å². The fraction of sp³-hybridized carbons (Fsp3) is 0.346. The van der Waals surface area contributed by atoms with Crippen LogP contribution in [0.15, 0.2) is 42.9 Å². The summed E-state index contributed by atoms with van der Waals surface area (Å²) in [6.07, 6.45) is 6.09. The highest BCUT2D eigenvalue weighted by Gasteiger charge is 2.39. The first-order valence-electron chi connectivity index (χ1n) is 11.7. The van der Waals surface area contributed by atoms with Crippen molar-refractivity contribution in [2.45, 2.75) is 25.5 Å². The standard InChI is InChI=1S/C26H29Cl2FN6OS/c1-15(23-19(27)11-32-12-20(23)28)36-17-4-5-22(30)18(9-17)24(31)16-8-21(29)25(33-10-16)35-13-26(2,14-35)34-6-7-37-3/h4-5,8-12,15,31,34H,6-7,13-14,30H2,1-3H3/t15-/m1/s1. The molecule has 11 heteroatoms. The molecule has 7 nitrogen and oxygen atoms in total. The third-order valence-electron chi connectivity index (χ3n) is 6.25. The lowest BCUT2D eigenvalue weighted by atomic mass is 9.92. The number of pyridine rings is 2. The van der Waals surface area contributed by atoms with Crippen LogP contribution in [0.25, 0.3) is 0 Å². The molecule has 1 saturated heterocycles. The Bertz CT molecular complexity index is 1280. The molecule has 4 rings (SSSR count). The number of aromatic nitrogens is 2. The van der Waals surface area contributed by atoms with Gasteiger partial charge in [-0.2, -0.15) is 11.8 Å². The van der Waals surface area contributed by atoms with Crippen LogP contribution in [0.4, 0.5) is 15.9 Å². The van der Waals surface area contributed by atoms with Gasteiger partial charge in [0.15, 0.2) is 11.6 Å². The summed E-state index contributed by atoms with van der Waals surface area (Å²) in [4.78, 5) is 10.2. The first kappa shape index (κ1) is 27.4. The Kier molecular flexibility index (Phi) is 8.48. The van der Waals surface area contributed by atoms with Crippen LogP contribution in [0.3, 0.4) is 0 Å². The summed E-state index contributed by atoms with van der Waals surface area (Å²) in [6.45, 7) is 6.17. The number of nitrogens with two attached hydrogens (primary N) is 1. The number of thioether (sulfide) groups is 1. The molecule has 0 radical (unpaired) electrons. The van der Waals surface area contributed by atoms with E-state index in [9.17, 15) is 0 Å². The van der Waals surface area contributed by atoms with E-state index < -0.39 is 11.9 Å². The predicted octanol–water partition coefficient (Wildman–Crippen LogP) is 5.59. The molecule has 2 aromatic heterocycles. The first-order valence-corrected chi connectivity index (χ1v) is 13.9. The molecule has 3 aromatic rings. The van der Waals surface area contributed by atoms with E-state index in [0.29, 0.717) is 51.3 Å². The van der Waals surface area contributed by atoms with Gasteiger partial charge in [-0.3, -0.25) is 10.4 Å². The Morgan fingerprint density at radius 1 is 1.27 bits per heavy atom. The second-order valence-corrected chi connectivity index (χ2v) is 11.1. The molecule has 1 aromatic carbocycles. The van der Waals surface area contributed by atoms with E-state index in [1.54, 1.807) is 30.0 Å². The van der Waals surface area contributed by atoms with E-state index in [4.69, 9.17) is 39.1 Å². The number of hydrogen-bond donors (Lipinski definition) is 3. The number of nitrogens with zero attached hydrogens (tertiary/aromatic N) is 3. The summed E-state index contributed by atoms with van der Waals surface area (Å²) in [7, 11) is 0. The molecule has 3 heterocycles. The number of hydrogen-bond acceptors (Lipinski definition) is 8. The van der Waals surface area contributed by atoms with E-state index in [1.165, 1.54) is 24.7 Å². The molecular weight excluding hydrogens is 534 g/mol. The minimum atomic E-state index is -0.482. The lowest BCUT2D eigenvalue weighted by Gasteiger charge is -2.49. The van der Waals surface area contributed by atoms with Crippen molar-refractivity contribution in [2.24, 2.45) is 0 Å². The fourth-order valence-corrected chi connectivity index (χ4v) is 5.34. The fourth-order valence-electron chi connectivity index (χ4n) is 4.37. The molecule has 4 N–H and O–H groups in total. The van der Waals surface area contributed by atoms with Crippen molar-refractivity contribution in [3.8, 4) is 5.75 Å². The molecule has 1 aliphatic rings. The van der Waals surface area contributed by atoms with E-state index in [0.717, 1.165) is 12.3 Å².